The monoisotopic (exact) mass is 381 g/mol. The minimum absolute atomic E-state index is 0.118. The van der Waals surface area contributed by atoms with Crippen LogP contribution in [0.1, 0.15) is 25.8 Å². The number of hydrogen-bond donors (Lipinski definition) is 0. The largest absolute Gasteiger partial charge is 0.340 e. The van der Waals surface area contributed by atoms with Crippen molar-refractivity contribution in [3.05, 3.63) is 35.9 Å². The van der Waals surface area contributed by atoms with Gasteiger partial charge in [0.2, 0.25) is 15.9 Å². The van der Waals surface area contributed by atoms with Crippen molar-refractivity contribution in [1.29, 1.82) is 0 Å². The van der Waals surface area contributed by atoms with Gasteiger partial charge >= 0.3 is 0 Å². The molecule has 1 heterocycles. The maximum atomic E-state index is 12.5. The predicted octanol–water partition coefficient (Wildman–Crippen LogP) is 1.44. The van der Waals surface area contributed by atoms with Gasteiger partial charge in [-0.25, -0.2) is 8.42 Å². The number of carbonyl (C=O) groups excluding carboxylic acids is 1. The zero-order valence-electron chi connectivity index (χ0n) is 15.9. The van der Waals surface area contributed by atoms with E-state index in [1.807, 2.05) is 30.3 Å². The Bertz CT molecular complexity index is 652. The third-order valence-corrected chi connectivity index (χ3v) is 6.88. The molecule has 146 valence electrons. The summed E-state index contributed by atoms with van der Waals surface area (Å²) >= 11 is 0. The van der Waals surface area contributed by atoms with Crippen LogP contribution in [0.15, 0.2) is 30.3 Å². The number of amides is 1. The van der Waals surface area contributed by atoms with Crippen molar-refractivity contribution in [2.24, 2.45) is 0 Å². The van der Waals surface area contributed by atoms with E-state index in [1.54, 1.807) is 4.90 Å². The summed E-state index contributed by atoms with van der Waals surface area (Å²) in [6, 6.07) is 9.66. The molecule has 1 aromatic rings. The standard InChI is InChI=1S/C19H31N3O3S/c1-3-20(4-2)12-10-19(23)21-13-15-22(16-14-21)26(24,25)17-11-18-8-6-5-7-9-18/h5-9H,3-4,10-17H2,1-2H3. The molecule has 0 saturated carbocycles. The number of hydrogen-bond acceptors (Lipinski definition) is 4. The molecular weight excluding hydrogens is 350 g/mol. The quantitative estimate of drug-likeness (QED) is 0.649. The highest BCUT2D eigenvalue weighted by Gasteiger charge is 2.28. The predicted molar refractivity (Wildman–Crippen MR) is 104 cm³/mol. The first-order chi connectivity index (χ1) is 12.5. The molecule has 6 nitrogen and oxygen atoms in total. The summed E-state index contributed by atoms with van der Waals surface area (Å²) in [5, 5.41) is 0. The van der Waals surface area contributed by atoms with E-state index in [4.69, 9.17) is 0 Å². The molecule has 26 heavy (non-hydrogen) atoms. The molecule has 2 rings (SSSR count). The number of nitrogens with zero attached hydrogens (tertiary/aromatic N) is 3. The van der Waals surface area contributed by atoms with E-state index in [-0.39, 0.29) is 11.7 Å². The van der Waals surface area contributed by atoms with E-state index in [0.29, 0.717) is 39.0 Å². The van der Waals surface area contributed by atoms with Crippen molar-refractivity contribution < 1.29 is 13.2 Å². The highest BCUT2D eigenvalue weighted by Crippen LogP contribution is 2.11. The average Bonchev–Trinajstić information content (AvgIpc) is 2.68. The van der Waals surface area contributed by atoms with E-state index in [1.165, 1.54) is 4.31 Å². The first-order valence-corrected chi connectivity index (χ1v) is 11.1. The zero-order valence-corrected chi connectivity index (χ0v) is 16.7. The lowest BCUT2D eigenvalue weighted by Crippen LogP contribution is -2.51. The van der Waals surface area contributed by atoms with Crippen LogP contribution in [-0.4, -0.2) is 80.0 Å². The average molecular weight is 382 g/mol. The zero-order chi connectivity index (χ0) is 19.0. The van der Waals surface area contributed by atoms with Crippen LogP contribution >= 0.6 is 0 Å². The molecule has 1 aromatic carbocycles. The molecule has 7 heteroatoms. The van der Waals surface area contributed by atoms with Gasteiger partial charge in [-0.1, -0.05) is 44.2 Å². The smallest absolute Gasteiger partial charge is 0.223 e. The van der Waals surface area contributed by atoms with Gasteiger partial charge in [-0.05, 0) is 25.1 Å². The van der Waals surface area contributed by atoms with Crippen molar-refractivity contribution in [3.63, 3.8) is 0 Å². The number of sulfonamides is 1. The molecule has 1 saturated heterocycles. The molecule has 0 aromatic heterocycles. The molecule has 0 unspecified atom stereocenters. The van der Waals surface area contributed by atoms with Gasteiger partial charge in [0.15, 0.2) is 0 Å². The van der Waals surface area contributed by atoms with Gasteiger partial charge in [-0.2, -0.15) is 4.31 Å². The maximum absolute atomic E-state index is 12.5. The summed E-state index contributed by atoms with van der Waals surface area (Å²) in [7, 11) is -3.28. The summed E-state index contributed by atoms with van der Waals surface area (Å²) in [5.41, 5.74) is 1.03. The Morgan fingerprint density at radius 3 is 2.23 bits per heavy atom. The van der Waals surface area contributed by atoms with E-state index in [9.17, 15) is 13.2 Å². The fraction of sp³-hybridized carbons (Fsp3) is 0.632. The molecule has 0 bridgehead atoms. The Kier molecular flexibility index (Phi) is 8.06. The van der Waals surface area contributed by atoms with E-state index in [0.717, 1.165) is 25.2 Å². The van der Waals surface area contributed by atoms with Crippen LogP contribution in [0.3, 0.4) is 0 Å². The van der Waals surface area contributed by atoms with Gasteiger partial charge in [-0.15, -0.1) is 0 Å². The summed E-state index contributed by atoms with van der Waals surface area (Å²) in [6.07, 6.45) is 1.02. The number of rotatable bonds is 9. The maximum Gasteiger partial charge on any atom is 0.223 e. The van der Waals surface area contributed by atoms with Crippen molar-refractivity contribution in [3.8, 4) is 0 Å². The normalized spacial score (nSPS) is 16.2. The highest BCUT2D eigenvalue weighted by molar-refractivity contribution is 7.89. The third-order valence-electron chi connectivity index (χ3n) is 5.01. The Labute approximate surface area is 157 Å². The van der Waals surface area contributed by atoms with Crippen molar-refractivity contribution in [2.75, 3.05) is 51.6 Å². The summed E-state index contributed by atoms with van der Waals surface area (Å²) in [4.78, 5) is 16.4. The first kappa shape index (κ1) is 20.9. The third kappa shape index (κ3) is 6.07. The first-order valence-electron chi connectivity index (χ1n) is 9.48. The fourth-order valence-corrected chi connectivity index (χ4v) is 4.66. The number of piperazine rings is 1. The Morgan fingerprint density at radius 1 is 1.04 bits per heavy atom. The molecule has 0 spiro atoms. The van der Waals surface area contributed by atoms with Crippen LogP contribution in [0.2, 0.25) is 0 Å². The second-order valence-corrected chi connectivity index (χ2v) is 8.70. The SMILES string of the molecule is CCN(CC)CCC(=O)N1CCN(S(=O)(=O)CCc2ccccc2)CC1. The number of carbonyl (C=O) groups is 1. The minimum Gasteiger partial charge on any atom is -0.340 e. The number of benzene rings is 1. The van der Waals surface area contributed by atoms with Gasteiger partial charge in [0.05, 0.1) is 5.75 Å². The van der Waals surface area contributed by atoms with Crippen LogP contribution in [0, 0.1) is 0 Å². The summed E-state index contributed by atoms with van der Waals surface area (Å²) in [6.45, 7) is 8.60. The van der Waals surface area contributed by atoms with Crippen molar-refractivity contribution in [2.45, 2.75) is 26.7 Å². The van der Waals surface area contributed by atoms with Crippen molar-refractivity contribution >= 4 is 15.9 Å². The topological polar surface area (TPSA) is 60.9 Å². The Hall–Kier alpha value is -1.44. The lowest BCUT2D eigenvalue weighted by Gasteiger charge is -2.34. The summed E-state index contributed by atoms with van der Waals surface area (Å²) < 4.78 is 26.6. The molecule has 1 aliphatic rings. The lowest BCUT2D eigenvalue weighted by molar-refractivity contribution is -0.132. The van der Waals surface area contributed by atoms with Crippen molar-refractivity contribution in [1.82, 2.24) is 14.1 Å². The highest BCUT2D eigenvalue weighted by atomic mass is 32.2. The number of aryl methyl sites for hydroxylation is 1. The lowest BCUT2D eigenvalue weighted by atomic mass is 10.2. The molecule has 0 N–H and O–H groups in total. The van der Waals surface area contributed by atoms with Crippen LogP contribution in [-0.2, 0) is 21.2 Å². The molecule has 1 fully saturated rings. The second kappa shape index (κ2) is 10.0. The molecule has 0 radical (unpaired) electrons. The van der Waals surface area contributed by atoms with Gasteiger partial charge in [0, 0.05) is 39.1 Å². The van der Waals surface area contributed by atoms with Crippen LogP contribution in [0.5, 0.6) is 0 Å². The van der Waals surface area contributed by atoms with E-state index in [2.05, 4.69) is 18.7 Å². The minimum atomic E-state index is -3.28. The van der Waals surface area contributed by atoms with Crippen LogP contribution in [0.25, 0.3) is 0 Å². The fourth-order valence-electron chi connectivity index (χ4n) is 3.19. The van der Waals surface area contributed by atoms with E-state index >= 15 is 0 Å². The van der Waals surface area contributed by atoms with E-state index < -0.39 is 10.0 Å². The van der Waals surface area contributed by atoms with Crippen LogP contribution in [0.4, 0.5) is 0 Å². The Morgan fingerprint density at radius 2 is 1.65 bits per heavy atom. The summed E-state index contributed by atoms with van der Waals surface area (Å²) in [5.74, 6) is 0.241. The Balaban J connectivity index is 1.78. The molecule has 0 aliphatic carbocycles. The van der Waals surface area contributed by atoms with Gasteiger partial charge in [-0.3, -0.25) is 4.79 Å². The molecule has 0 atom stereocenters. The van der Waals surface area contributed by atoms with Gasteiger partial charge in [0.1, 0.15) is 0 Å². The van der Waals surface area contributed by atoms with Gasteiger partial charge in [0.25, 0.3) is 0 Å². The molecule has 1 aliphatic heterocycles. The van der Waals surface area contributed by atoms with Gasteiger partial charge < -0.3 is 9.80 Å². The molecule has 1 amide bonds. The van der Waals surface area contributed by atoms with Crippen LogP contribution < -0.4 is 0 Å². The second-order valence-electron chi connectivity index (χ2n) is 6.61. The molecular formula is C19H31N3O3S.